The summed E-state index contributed by atoms with van der Waals surface area (Å²) in [5.41, 5.74) is 8.69. The molecule has 0 radical (unpaired) electrons. The molecule has 3 rings (SSSR count). The fourth-order valence-electron chi connectivity index (χ4n) is 1.94. The van der Waals surface area contributed by atoms with Crippen molar-refractivity contribution in [3.8, 4) is 0 Å². The molecular formula is C17H14FN5. The average molecular weight is 307 g/mol. The summed E-state index contributed by atoms with van der Waals surface area (Å²) in [6.07, 6.45) is 10.1. The van der Waals surface area contributed by atoms with Crippen molar-refractivity contribution in [1.29, 1.82) is 0 Å². The molecule has 0 aliphatic heterocycles. The van der Waals surface area contributed by atoms with Gasteiger partial charge < -0.3 is 0 Å². The molecule has 2 N–H and O–H groups in total. The summed E-state index contributed by atoms with van der Waals surface area (Å²) in [6.45, 7) is 0. The van der Waals surface area contributed by atoms with E-state index in [1.54, 1.807) is 43.1 Å². The van der Waals surface area contributed by atoms with Gasteiger partial charge in [-0.25, -0.2) is 9.37 Å². The second-order valence-corrected chi connectivity index (χ2v) is 4.69. The number of rotatable bonds is 5. The SMILES string of the molecule is Fc1ccc(/C=C(/NNc2cnccn2)c2ccncc2)cc1. The number of pyridine rings is 1. The monoisotopic (exact) mass is 307 g/mol. The molecule has 0 fully saturated rings. The minimum absolute atomic E-state index is 0.266. The van der Waals surface area contributed by atoms with E-state index < -0.39 is 0 Å². The van der Waals surface area contributed by atoms with Crippen LogP contribution in [0.25, 0.3) is 11.8 Å². The van der Waals surface area contributed by atoms with Gasteiger partial charge in [0.1, 0.15) is 5.82 Å². The third-order valence-corrected chi connectivity index (χ3v) is 3.06. The van der Waals surface area contributed by atoms with Gasteiger partial charge in [0.05, 0.1) is 11.9 Å². The summed E-state index contributed by atoms with van der Waals surface area (Å²) in [5, 5.41) is 0. The Bertz CT molecular complexity index is 773. The van der Waals surface area contributed by atoms with Crippen molar-refractivity contribution in [3.63, 3.8) is 0 Å². The van der Waals surface area contributed by atoms with Crippen LogP contribution in [0.15, 0.2) is 67.4 Å². The Labute approximate surface area is 132 Å². The third kappa shape index (κ3) is 4.10. The van der Waals surface area contributed by atoms with Crippen LogP contribution < -0.4 is 10.9 Å². The lowest BCUT2D eigenvalue weighted by atomic mass is 10.1. The van der Waals surface area contributed by atoms with Crippen LogP contribution in [0, 0.1) is 5.82 Å². The molecule has 0 aliphatic carbocycles. The molecule has 2 heterocycles. The van der Waals surface area contributed by atoms with Crippen LogP contribution in [0.2, 0.25) is 0 Å². The van der Waals surface area contributed by atoms with Crippen molar-refractivity contribution in [2.24, 2.45) is 0 Å². The van der Waals surface area contributed by atoms with Gasteiger partial charge in [-0.15, -0.1) is 0 Å². The molecule has 2 aromatic heterocycles. The molecule has 0 spiro atoms. The molecule has 0 bridgehead atoms. The number of hydrogen-bond acceptors (Lipinski definition) is 5. The summed E-state index contributed by atoms with van der Waals surface area (Å²) < 4.78 is 13.0. The number of aromatic nitrogens is 3. The fourth-order valence-corrected chi connectivity index (χ4v) is 1.94. The number of anilines is 1. The van der Waals surface area contributed by atoms with Gasteiger partial charge >= 0.3 is 0 Å². The van der Waals surface area contributed by atoms with Crippen LogP contribution in [0.1, 0.15) is 11.1 Å². The van der Waals surface area contributed by atoms with Gasteiger partial charge in [-0.1, -0.05) is 12.1 Å². The van der Waals surface area contributed by atoms with E-state index in [0.29, 0.717) is 5.82 Å². The Balaban J connectivity index is 1.86. The first-order chi connectivity index (χ1) is 11.3. The predicted molar refractivity (Wildman–Crippen MR) is 87.3 cm³/mol. The molecule has 5 nitrogen and oxygen atoms in total. The van der Waals surface area contributed by atoms with Crippen molar-refractivity contribution >= 4 is 17.6 Å². The Kier molecular flexibility index (Phi) is 4.54. The maximum atomic E-state index is 13.0. The van der Waals surface area contributed by atoms with Gasteiger partial charge in [0.15, 0.2) is 5.82 Å². The van der Waals surface area contributed by atoms with E-state index in [-0.39, 0.29) is 5.82 Å². The maximum absolute atomic E-state index is 13.0. The molecule has 0 atom stereocenters. The highest BCUT2D eigenvalue weighted by Gasteiger charge is 2.02. The van der Waals surface area contributed by atoms with Gasteiger partial charge in [0, 0.05) is 30.4 Å². The van der Waals surface area contributed by atoms with E-state index in [4.69, 9.17) is 0 Å². The second kappa shape index (κ2) is 7.13. The summed E-state index contributed by atoms with van der Waals surface area (Å²) >= 11 is 0. The van der Waals surface area contributed by atoms with Crippen LogP contribution in [-0.4, -0.2) is 15.0 Å². The van der Waals surface area contributed by atoms with Crippen molar-refractivity contribution in [1.82, 2.24) is 20.4 Å². The van der Waals surface area contributed by atoms with Gasteiger partial charge in [0.2, 0.25) is 0 Å². The van der Waals surface area contributed by atoms with Crippen LogP contribution >= 0.6 is 0 Å². The second-order valence-electron chi connectivity index (χ2n) is 4.69. The van der Waals surface area contributed by atoms with Crippen LogP contribution in [0.4, 0.5) is 10.2 Å². The standard InChI is InChI=1S/C17H14FN5/c18-15-3-1-13(2-4-15)11-16(14-5-7-19-8-6-14)22-23-17-12-20-9-10-21-17/h1-12,22H,(H,21,23)/b16-11+. The molecule has 0 unspecified atom stereocenters. The molecule has 0 aliphatic rings. The summed E-state index contributed by atoms with van der Waals surface area (Å²) in [4.78, 5) is 12.1. The van der Waals surface area contributed by atoms with Crippen molar-refractivity contribution < 1.29 is 4.39 Å². The van der Waals surface area contributed by atoms with Crippen LogP contribution in [-0.2, 0) is 0 Å². The van der Waals surface area contributed by atoms with Crippen LogP contribution in [0.5, 0.6) is 0 Å². The van der Waals surface area contributed by atoms with E-state index in [0.717, 1.165) is 16.8 Å². The largest absolute Gasteiger partial charge is 0.299 e. The van der Waals surface area contributed by atoms with E-state index >= 15 is 0 Å². The summed E-state index contributed by atoms with van der Waals surface area (Å²) in [6, 6.07) is 10.0. The number of hydrazine groups is 1. The van der Waals surface area contributed by atoms with Gasteiger partial charge in [-0.2, -0.15) is 0 Å². The van der Waals surface area contributed by atoms with Crippen LogP contribution in [0.3, 0.4) is 0 Å². The van der Waals surface area contributed by atoms with E-state index in [9.17, 15) is 4.39 Å². The maximum Gasteiger partial charge on any atom is 0.163 e. The fraction of sp³-hybridized carbons (Fsp3) is 0. The molecule has 114 valence electrons. The van der Waals surface area contributed by atoms with Crippen molar-refractivity contribution in [2.45, 2.75) is 0 Å². The zero-order valence-electron chi connectivity index (χ0n) is 12.1. The molecule has 1 aromatic carbocycles. The van der Waals surface area contributed by atoms with E-state index in [1.807, 2.05) is 18.2 Å². The van der Waals surface area contributed by atoms with Crippen molar-refractivity contribution in [3.05, 3.63) is 84.3 Å². The smallest absolute Gasteiger partial charge is 0.163 e. The number of nitrogens with zero attached hydrogens (tertiary/aromatic N) is 3. The highest BCUT2D eigenvalue weighted by Crippen LogP contribution is 2.15. The third-order valence-electron chi connectivity index (χ3n) is 3.06. The Morgan fingerprint density at radius 3 is 2.39 bits per heavy atom. The Morgan fingerprint density at radius 1 is 0.913 bits per heavy atom. The number of nitrogens with one attached hydrogen (secondary N) is 2. The zero-order valence-corrected chi connectivity index (χ0v) is 12.1. The summed E-state index contributed by atoms with van der Waals surface area (Å²) in [5.74, 6) is 0.324. The van der Waals surface area contributed by atoms with E-state index in [2.05, 4.69) is 25.8 Å². The number of hydrogen-bond donors (Lipinski definition) is 2. The van der Waals surface area contributed by atoms with E-state index in [1.165, 1.54) is 12.1 Å². The first-order valence-electron chi connectivity index (χ1n) is 6.97. The quantitative estimate of drug-likeness (QED) is 0.709. The lowest BCUT2D eigenvalue weighted by Crippen LogP contribution is -2.20. The lowest BCUT2D eigenvalue weighted by Gasteiger charge is -2.13. The zero-order chi connectivity index (χ0) is 15.9. The molecule has 0 saturated carbocycles. The summed E-state index contributed by atoms with van der Waals surface area (Å²) in [7, 11) is 0. The molecule has 0 saturated heterocycles. The molecule has 6 heteroatoms. The Morgan fingerprint density at radius 2 is 1.70 bits per heavy atom. The highest BCUT2D eigenvalue weighted by atomic mass is 19.1. The first kappa shape index (κ1) is 14.6. The average Bonchev–Trinajstić information content (AvgIpc) is 2.62. The molecule has 3 aromatic rings. The lowest BCUT2D eigenvalue weighted by molar-refractivity contribution is 0.628. The predicted octanol–water partition coefficient (Wildman–Crippen LogP) is 3.13. The number of halogens is 1. The minimum Gasteiger partial charge on any atom is -0.299 e. The normalized spacial score (nSPS) is 11.1. The van der Waals surface area contributed by atoms with Gasteiger partial charge in [-0.3, -0.25) is 20.8 Å². The Hall–Kier alpha value is -3.28. The minimum atomic E-state index is -0.266. The highest BCUT2D eigenvalue weighted by molar-refractivity contribution is 5.80. The molecule has 0 amide bonds. The van der Waals surface area contributed by atoms with Crippen molar-refractivity contribution in [2.75, 3.05) is 5.43 Å². The molecular weight excluding hydrogens is 293 g/mol. The number of benzene rings is 1. The molecule has 23 heavy (non-hydrogen) atoms. The van der Waals surface area contributed by atoms with Gasteiger partial charge in [-0.05, 0) is 35.9 Å². The van der Waals surface area contributed by atoms with Gasteiger partial charge in [0.25, 0.3) is 0 Å². The topological polar surface area (TPSA) is 62.7 Å². The first-order valence-corrected chi connectivity index (χ1v) is 6.97.